The van der Waals surface area contributed by atoms with Gasteiger partial charge in [0.15, 0.2) is 0 Å². The molecule has 0 fully saturated rings. The van der Waals surface area contributed by atoms with Gasteiger partial charge in [-0.3, -0.25) is 13.9 Å². The lowest BCUT2D eigenvalue weighted by atomic mass is 10.2. The van der Waals surface area contributed by atoms with Crippen molar-refractivity contribution in [2.24, 2.45) is 0 Å². The van der Waals surface area contributed by atoms with Gasteiger partial charge in [-0.2, -0.15) is 5.26 Å². The van der Waals surface area contributed by atoms with E-state index in [0.29, 0.717) is 6.54 Å². The van der Waals surface area contributed by atoms with Crippen LogP contribution in [0.5, 0.6) is 0 Å². The molecule has 0 bridgehead atoms. The topological polar surface area (TPSA) is 67.8 Å². The summed E-state index contributed by atoms with van der Waals surface area (Å²) in [6.45, 7) is 0.451. The van der Waals surface area contributed by atoms with Gasteiger partial charge in [-0.25, -0.2) is 4.79 Å². The molecule has 0 aliphatic rings. The fourth-order valence-corrected chi connectivity index (χ4v) is 2.53. The summed E-state index contributed by atoms with van der Waals surface area (Å²) in [5.41, 5.74) is 0.732. The van der Waals surface area contributed by atoms with E-state index in [0.717, 1.165) is 15.7 Å². The first-order valence-corrected chi connectivity index (χ1v) is 7.51. The third kappa shape index (κ3) is 3.18. The lowest BCUT2D eigenvalue weighted by Crippen LogP contribution is -2.41. The normalized spacial score (nSPS) is 10.3. The van der Waals surface area contributed by atoms with Crippen LogP contribution in [0.2, 0.25) is 0 Å². The lowest BCUT2D eigenvalue weighted by Gasteiger charge is -2.11. The Morgan fingerprint density at radius 3 is 1.92 bits per heavy atom. The van der Waals surface area contributed by atoms with Gasteiger partial charge in [-0.05, 0) is 11.1 Å². The molecular formula is C19H15N3O2. The van der Waals surface area contributed by atoms with E-state index in [4.69, 9.17) is 0 Å². The van der Waals surface area contributed by atoms with Gasteiger partial charge in [0.25, 0.3) is 5.56 Å². The van der Waals surface area contributed by atoms with Gasteiger partial charge in [0, 0.05) is 6.20 Å². The molecule has 0 saturated heterocycles. The van der Waals surface area contributed by atoms with E-state index in [-0.39, 0.29) is 12.1 Å². The molecule has 0 radical (unpaired) electrons. The molecule has 0 aliphatic carbocycles. The van der Waals surface area contributed by atoms with Crippen LogP contribution in [0.1, 0.15) is 16.7 Å². The zero-order valence-electron chi connectivity index (χ0n) is 12.9. The van der Waals surface area contributed by atoms with E-state index >= 15 is 0 Å². The SMILES string of the molecule is N#Cc1cn(Cc2ccccc2)c(=O)n(Cc2ccccc2)c1=O. The van der Waals surface area contributed by atoms with Crippen LogP contribution in [-0.4, -0.2) is 9.13 Å². The number of nitriles is 1. The number of hydrogen-bond acceptors (Lipinski definition) is 3. The van der Waals surface area contributed by atoms with Crippen LogP contribution < -0.4 is 11.2 Å². The summed E-state index contributed by atoms with van der Waals surface area (Å²) in [6.07, 6.45) is 1.33. The highest BCUT2D eigenvalue weighted by Crippen LogP contribution is 2.02. The van der Waals surface area contributed by atoms with E-state index in [1.54, 1.807) is 0 Å². The molecule has 2 aromatic carbocycles. The van der Waals surface area contributed by atoms with Crippen LogP contribution in [0.4, 0.5) is 0 Å². The fraction of sp³-hybridized carbons (Fsp3) is 0.105. The van der Waals surface area contributed by atoms with Crippen molar-refractivity contribution in [2.75, 3.05) is 0 Å². The molecule has 0 amide bonds. The van der Waals surface area contributed by atoms with Crippen LogP contribution in [0.3, 0.4) is 0 Å². The van der Waals surface area contributed by atoms with Crippen molar-refractivity contribution >= 4 is 0 Å². The largest absolute Gasteiger partial charge is 0.331 e. The van der Waals surface area contributed by atoms with Crippen LogP contribution in [0.15, 0.2) is 76.4 Å². The van der Waals surface area contributed by atoms with Gasteiger partial charge in [-0.15, -0.1) is 0 Å². The molecule has 0 N–H and O–H groups in total. The second-order valence-electron chi connectivity index (χ2n) is 5.43. The summed E-state index contributed by atoms with van der Waals surface area (Å²) in [6, 6.07) is 20.6. The molecule has 0 spiro atoms. The maximum Gasteiger partial charge on any atom is 0.331 e. The van der Waals surface area contributed by atoms with Crippen molar-refractivity contribution in [1.82, 2.24) is 9.13 Å². The van der Waals surface area contributed by atoms with Crippen molar-refractivity contribution in [3.05, 3.63) is 104 Å². The Bertz CT molecular complexity index is 997. The van der Waals surface area contributed by atoms with Crippen molar-refractivity contribution < 1.29 is 0 Å². The molecule has 5 heteroatoms. The van der Waals surface area contributed by atoms with Gasteiger partial charge in [0.1, 0.15) is 11.6 Å². The van der Waals surface area contributed by atoms with Gasteiger partial charge in [0.2, 0.25) is 0 Å². The zero-order valence-corrected chi connectivity index (χ0v) is 12.9. The summed E-state index contributed by atoms with van der Waals surface area (Å²) in [5, 5.41) is 9.21. The Hall–Kier alpha value is -3.39. The first kappa shape index (κ1) is 15.5. The Labute approximate surface area is 138 Å². The predicted octanol–water partition coefficient (Wildman–Crippen LogP) is 1.98. The molecule has 1 aromatic heterocycles. The van der Waals surface area contributed by atoms with Crippen LogP contribution >= 0.6 is 0 Å². The Morgan fingerprint density at radius 2 is 1.38 bits per heavy atom. The number of aromatic nitrogens is 2. The Balaban J connectivity index is 2.08. The average molecular weight is 317 g/mol. The maximum atomic E-state index is 12.7. The molecular weight excluding hydrogens is 302 g/mol. The van der Waals surface area contributed by atoms with Gasteiger partial charge >= 0.3 is 5.69 Å². The Kier molecular flexibility index (Phi) is 4.39. The molecule has 3 rings (SSSR count). The number of nitrogens with zero attached hydrogens (tertiary/aromatic N) is 3. The standard InChI is InChI=1S/C19H15N3O2/c20-11-17-14-21(12-15-7-3-1-4-8-15)19(24)22(18(17)23)13-16-9-5-2-6-10-16/h1-10,14H,12-13H2. The van der Waals surface area contributed by atoms with Gasteiger partial charge in [-0.1, -0.05) is 60.7 Å². The van der Waals surface area contributed by atoms with Crippen LogP contribution in [-0.2, 0) is 13.1 Å². The van der Waals surface area contributed by atoms with Crippen molar-refractivity contribution in [2.45, 2.75) is 13.1 Å². The minimum absolute atomic E-state index is 0.0403. The van der Waals surface area contributed by atoms with E-state index in [1.807, 2.05) is 66.7 Å². The summed E-state index contributed by atoms with van der Waals surface area (Å²) in [4.78, 5) is 25.0. The summed E-state index contributed by atoms with van der Waals surface area (Å²) in [7, 11) is 0. The number of rotatable bonds is 4. The molecule has 0 saturated carbocycles. The minimum atomic E-state index is -0.560. The van der Waals surface area contributed by atoms with Crippen molar-refractivity contribution in [3.8, 4) is 6.07 Å². The molecule has 5 nitrogen and oxygen atoms in total. The van der Waals surface area contributed by atoms with Gasteiger partial charge < -0.3 is 0 Å². The highest BCUT2D eigenvalue weighted by atomic mass is 16.2. The number of benzene rings is 2. The molecule has 0 atom stereocenters. The van der Waals surface area contributed by atoms with E-state index in [2.05, 4.69) is 0 Å². The average Bonchev–Trinajstić information content (AvgIpc) is 2.63. The molecule has 24 heavy (non-hydrogen) atoms. The minimum Gasteiger partial charge on any atom is -0.295 e. The van der Waals surface area contributed by atoms with Crippen molar-refractivity contribution in [1.29, 1.82) is 5.26 Å². The highest BCUT2D eigenvalue weighted by molar-refractivity contribution is 5.24. The molecule has 118 valence electrons. The first-order chi connectivity index (χ1) is 11.7. The number of hydrogen-bond donors (Lipinski definition) is 0. The summed E-state index contributed by atoms with van der Waals surface area (Å²) < 4.78 is 2.51. The van der Waals surface area contributed by atoms with E-state index in [1.165, 1.54) is 10.8 Å². The predicted molar refractivity (Wildman–Crippen MR) is 90.8 cm³/mol. The molecule has 0 aliphatic heterocycles. The third-order valence-electron chi connectivity index (χ3n) is 3.74. The van der Waals surface area contributed by atoms with E-state index in [9.17, 15) is 14.9 Å². The lowest BCUT2D eigenvalue weighted by molar-refractivity contribution is 0.609. The monoisotopic (exact) mass is 317 g/mol. The van der Waals surface area contributed by atoms with Crippen molar-refractivity contribution in [3.63, 3.8) is 0 Å². The van der Waals surface area contributed by atoms with E-state index < -0.39 is 11.2 Å². The molecule has 0 unspecified atom stereocenters. The summed E-state index contributed by atoms with van der Waals surface area (Å²) >= 11 is 0. The molecule has 3 aromatic rings. The van der Waals surface area contributed by atoms with Gasteiger partial charge in [0.05, 0.1) is 13.1 Å². The Morgan fingerprint density at radius 1 is 0.833 bits per heavy atom. The highest BCUT2D eigenvalue weighted by Gasteiger charge is 2.12. The smallest absolute Gasteiger partial charge is 0.295 e. The third-order valence-corrected chi connectivity index (χ3v) is 3.74. The fourth-order valence-electron chi connectivity index (χ4n) is 2.53. The van der Waals surface area contributed by atoms with Crippen LogP contribution in [0, 0.1) is 11.3 Å². The van der Waals surface area contributed by atoms with Crippen LogP contribution in [0.25, 0.3) is 0 Å². The maximum absolute atomic E-state index is 12.7. The second-order valence-corrected chi connectivity index (χ2v) is 5.43. The quantitative estimate of drug-likeness (QED) is 0.739. The zero-order chi connectivity index (χ0) is 16.9. The molecule has 1 heterocycles. The second kappa shape index (κ2) is 6.80. The first-order valence-electron chi connectivity index (χ1n) is 7.51. The summed E-state index contributed by atoms with van der Waals surface area (Å²) in [5.74, 6) is 0.